The van der Waals surface area contributed by atoms with Gasteiger partial charge >= 0.3 is 6.09 Å². The van der Waals surface area contributed by atoms with Crippen LogP contribution in [0.4, 0.5) is 16.2 Å². The molecule has 0 saturated carbocycles. The molecular formula is C22H31N3O4S. The maximum Gasteiger partial charge on any atom is 0.410 e. The first-order chi connectivity index (χ1) is 14.1. The number of piperazine rings is 1. The van der Waals surface area contributed by atoms with E-state index in [9.17, 15) is 14.4 Å². The standard InChI is InChI=1S/C22H31N3O4S/c1-16(26)30-15-17-13-20(27)25(14-17)19-7-5-18(6-8-19)23-9-11-24(12-10-23)21(28)29-22(2,3)4/h5-8,17H,9-15H2,1-4H3. The molecule has 2 amide bonds. The van der Waals surface area contributed by atoms with Gasteiger partial charge in [0.1, 0.15) is 5.60 Å². The van der Waals surface area contributed by atoms with Gasteiger partial charge in [-0.1, -0.05) is 11.8 Å². The van der Waals surface area contributed by atoms with Crippen LogP contribution in [0.5, 0.6) is 0 Å². The van der Waals surface area contributed by atoms with Gasteiger partial charge in [0.15, 0.2) is 5.12 Å². The first kappa shape index (κ1) is 22.5. The van der Waals surface area contributed by atoms with Gasteiger partial charge in [-0.3, -0.25) is 9.59 Å². The van der Waals surface area contributed by atoms with Crippen LogP contribution in [0.2, 0.25) is 0 Å². The van der Waals surface area contributed by atoms with Crippen LogP contribution in [0.15, 0.2) is 24.3 Å². The van der Waals surface area contributed by atoms with Gasteiger partial charge in [0.05, 0.1) is 0 Å². The van der Waals surface area contributed by atoms with Crippen molar-refractivity contribution in [2.45, 2.75) is 39.7 Å². The zero-order chi connectivity index (χ0) is 21.9. The third-order valence-corrected chi connectivity index (χ3v) is 6.23. The molecule has 0 spiro atoms. The smallest absolute Gasteiger partial charge is 0.410 e. The topological polar surface area (TPSA) is 70.2 Å². The van der Waals surface area contributed by atoms with E-state index in [1.54, 1.807) is 11.8 Å². The van der Waals surface area contributed by atoms with Gasteiger partial charge in [-0.25, -0.2) is 4.79 Å². The van der Waals surface area contributed by atoms with Crippen LogP contribution in [0.3, 0.4) is 0 Å². The van der Waals surface area contributed by atoms with Crippen LogP contribution in [0.25, 0.3) is 0 Å². The first-order valence-corrected chi connectivity index (χ1v) is 11.4. The number of carbonyl (C=O) groups is 3. The Morgan fingerprint density at radius 1 is 1.07 bits per heavy atom. The molecule has 0 radical (unpaired) electrons. The van der Waals surface area contributed by atoms with Crippen LogP contribution in [-0.4, -0.2) is 66.1 Å². The molecular weight excluding hydrogens is 402 g/mol. The van der Waals surface area contributed by atoms with Gasteiger partial charge in [-0.15, -0.1) is 0 Å². The molecule has 2 aliphatic rings. The molecule has 0 aliphatic carbocycles. The SMILES string of the molecule is CC(=O)SCC1CC(=O)N(c2ccc(N3CCN(C(=O)OC(C)(C)C)CC3)cc2)C1. The van der Waals surface area contributed by atoms with E-state index in [0.717, 1.165) is 24.5 Å². The number of hydrogen-bond donors (Lipinski definition) is 0. The van der Waals surface area contributed by atoms with Crippen molar-refractivity contribution in [1.82, 2.24) is 4.90 Å². The Bertz CT molecular complexity index is 783. The summed E-state index contributed by atoms with van der Waals surface area (Å²) in [7, 11) is 0. The zero-order valence-corrected chi connectivity index (χ0v) is 19.0. The van der Waals surface area contributed by atoms with E-state index >= 15 is 0 Å². The Labute approximate surface area is 182 Å². The average Bonchev–Trinajstić information content (AvgIpc) is 3.06. The fourth-order valence-corrected chi connectivity index (χ4v) is 4.39. The van der Waals surface area contributed by atoms with Gasteiger partial charge in [0.25, 0.3) is 0 Å². The quantitative estimate of drug-likeness (QED) is 0.725. The number of nitrogens with zero attached hydrogens (tertiary/aromatic N) is 3. The lowest BCUT2D eigenvalue weighted by Crippen LogP contribution is -2.50. The summed E-state index contributed by atoms with van der Waals surface area (Å²) in [6.07, 6.45) is 0.233. The van der Waals surface area contributed by atoms with Crippen LogP contribution < -0.4 is 9.80 Å². The predicted octanol–water partition coefficient (Wildman–Crippen LogP) is 3.38. The molecule has 2 aliphatic heterocycles. The van der Waals surface area contributed by atoms with E-state index in [4.69, 9.17) is 4.74 Å². The Kier molecular flexibility index (Phi) is 6.95. The van der Waals surface area contributed by atoms with Crippen molar-refractivity contribution in [3.8, 4) is 0 Å². The monoisotopic (exact) mass is 433 g/mol. The molecule has 0 N–H and O–H groups in total. The highest BCUT2D eigenvalue weighted by atomic mass is 32.2. The summed E-state index contributed by atoms with van der Waals surface area (Å²) in [6.45, 7) is 10.6. The summed E-state index contributed by atoms with van der Waals surface area (Å²) >= 11 is 1.29. The van der Waals surface area contributed by atoms with Crippen LogP contribution in [-0.2, 0) is 14.3 Å². The van der Waals surface area contributed by atoms with Crippen molar-refractivity contribution >= 4 is 40.3 Å². The van der Waals surface area contributed by atoms with Crippen molar-refractivity contribution in [3.05, 3.63) is 24.3 Å². The molecule has 2 heterocycles. The van der Waals surface area contributed by atoms with Gasteiger partial charge in [0.2, 0.25) is 5.91 Å². The summed E-state index contributed by atoms with van der Waals surface area (Å²) in [5.74, 6) is 1.02. The number of anilines is 2. The molecule has 30 heavy (non-hydrogen) atoms. The van der Waals surface area contributed by atoms with E-state index in [1.807, 2.05) is 49.9 Å². The lowest BCUT2D eigenvalue weighted by atomic mass is 10.1. The number of benzene rings is 1. The molecule has 1 atom stereocenters. The number of thioether (sulfide) groups is 1. The summed E-state index contributed by atoms with van der Waals surface area (Å²) < 4.78 is 5.45. The fourth-order valence-electron chi connectivity index (χ4n) is 3.70. The highest BCUT2D eigenvalue weighted by Gasteiger charge is 2.31. The van der Waals surface area contributed by atoms with Crippen LogP contribution >= 0.6 is 11.8 Å². The van der Waals surface area contributed by atoms with Gasteiger partial charge < -0.3 is 19.4 Å². The highest BCUT2D eigenvalue weighted by Crippen LogP contribution is 2.29. The molecule has 2 fully saturated rings. The molecule has 1 aromatic carbocycles. The average molecular weight is 434 g/mol. The van der Waals surface area contributed by atoms with Crippen molar-refractivity contribution in [2.75, 3.05) is 48.3 Å². The second-order valence-corrected chi connectivity index (χ2v) is 10.0. The second-order valence-electron chi connectivity index (χ2n) is 8.85. The molecule has 0 bridgehead atoms. The first-order valence-electron chi connectivity index (χ1n) is 10.4. The van der Waals surface area contributed by atoms with Crippen molar-refractivity contribution in [3.63, 3.8) is 0 Å². The summed E-state index contributed by atoms with van der Waals surface area (Å²) in [5.41, 5.74) is 1.49. The lowest BCUT2D eigenvalue weighted by molar-refractivity contribution is -0.117. The second kappa shape index (κ2) is 9.29. The molecule has 0 aromatic heterocycles. The molecule has 2 saturated heterocycles. The minimum Gasteiger partial charge on any atom is -0.444 e. The minimum absolute atomic E-state index is 0.0945. The van der Waals surface area contributed by atoms with Gasteiger partial charge in [-0.2, -0.15) is 0 Å². The van der Waals surface area contributed by atoms with Crippen molar-refractivity contribution in [1.29, 1.82) is 0 Å². The number of ether oxygens (including phenoxy) is 1. The lowest BCUT2D eigenvalue weighted by Gasteiger charge is -2.36. The molecule has 3 rings (SSSR count). The van der Waals surface area contributed by atoms with Crippen LogP contribution in [0.1, 0.15) is 34.1 Å². The molecule has 1 unspecified atom stereocenters. The third-order valence-electron chi connectivity index (χ3n) is 5.19. The Morgan fingerprint density at radius 3 is 2.23 bits per heavy atom. The Morgan fingerprint density at radius 2 is 1.67 bits per heavy atom. The third kappa shape index (κ3) is 5.90. The van der Waals surface area contributed by atoms with Crippen molar-refractivity contribution in [2.24, 2.45) is 5.92 Å². The van der Waals surface area contributed by atoms with E-state index < -0.39 is 5.60 Å². The number of rotatable bonds is 4. The number of hydrogen-bond acceptors (Lipinski definition) is 6. The molecule has 7 nitrogen and oxygen atoms in total. The maximum absolute atomic E-state index is 12.4. The van der Waals surface area contributed by atoms with Crippen LogP contribution in [0, 0.1) is 5.92 Å². The van der Waals surface area contributed by atoms with E-state index in [1.165, 1.54) is 11.8 Å². The van der Waals surface area contributed by atoms with E-state index in [2.05, 4.69) is 4.90 Å². The number of carbonyl (C=O) groups excluding carboxylic acids is 3. The molecule has 8 heteroatoms. The fraction of sp³-hybridized carbons (Fsp3) is 0.591. The largest absolute Gasteiger partial charge is 0.444 e. The van der Waals surface area contributed by atoms with Crippen molar-refractivity contribution < 1.29 is 19.1 Å². The predicted molar refractivity (Wildman–Crippen MR) is 120 cm³/mol. The van der Waals surface area contributed by atoms with E-state index in [0.29, 0.717) is 31.8 Å². The minimum atomic E-state index is -0.485. The summed E-state index contributed by atoms with van der Waals surface area (Å²) in [4.78, 5) is 41.6. The van der Waals surface area contributed by atoms with Gasteiger partial charge in [-0.05, 0) is 51.0 Å². The van der Waals surface area contributed by atoms with Gasteiger partial charge in [0, 0.05) is 63.2 Å². The van der Waals surface area contributed by atoms with E-state index in [-0.39, 0.29) is 23.0 Å². The molecule has 1 aromatic rings. The maximum atomic E-state index is 12.4. The summed E-state index contributed by atoms with van der Waals surface area (Å²) in [6, 6.07) is 8.02. The summed E-state index contributed by atoms with van der Waals surface area (Å²) in [5, 5.41) is 0.0945. The zero-order valence-electron chi connectivity index (χ0n) is 18.2. The Hall–Kier alpha value is -2.22. The highest BCUT2D eigenvalue weighted by molar-refractivity contribution is 8.13. The number of amides is 2. The normalized spacial score (nSPS) is 19.9. The Balaban J connectivity index is 1.53. The molecule has 164 valence electrons.